The van der Waals surface area contributed by atoms with Crippen LogP contribution < -0.4 is 5.32 Å². The Morgan fingerprint density at radius 3 is 2.73 bits per heavy atom. The van der Waals surface area contributed by atoms with Crippen molar-refractivity contribution in [3.05, 3.63) is 46.2 Å². The number of hydrogen-bond donors (Lipinski definition) is 1. The third kappa shape index (κ3) is 1.41. The lowest BCUT2D eigenvalue weighted by Gasteiger charge is -2.03. The molecule has 2 heterocycles. The van der Waals surface area contributed by atoms with Gasteiger partial charge in [-0.3, -0.25) is 0 Å². The second kappa shape index (κ2) is 3.47. The summed E-state index contributed by atoms with van der Waals surface area (Å²) in [5.41, 5.74) is 3.52. The van der Waals surface area contributed by atoms with Gasteiger partial charge in [0.2, 0.25) is 0 Å². The molecule has 15 heavy (non-hydrogen) atoms. The van der Waals surface area contributed by atoms with E-state index in [0.717, 1.165) is 29.1 Å². The fourth-order valence-corrected chi connectivity index (χ4v) is 2.49. The summed E-state index contributed by atoms with van der Waals surface area (Å²) >= 11 is 3.60. The fourth-order valence-electron chi connectivity index (χ4n) is 1.84. The normalized spacial score (nSPS) is 14.2. The highest BCUT2D eigenvalue weighted by Crippen LogP contribution is 2.26. The maximum Gasteiger partial charge on any atom is 0.114 e. The highest BCUT2D eigenvalue weighted by molar-refractivity contribution is 9.10. The molecule has 1 aliphatic rings. The Morgan fingerprint density at radius 2 is 2.00 bits per heavy atom. The van der Waals surface area contributed by atoms with Crippen LogP contribution in [0.15, 0.2) is 34.9 Å². The first kappa shape index (κ1) is 9.12. The van der Waals surface area contributed by atoms with Crippen molar-refractivity contribution >= 4 is 15.9 Å². The molecule has 0 fully saturated rings. The molecule has 1 N–H and O–H groups in total. The first-order valence-corrected chi connectivity index (χ1v) is 5.68. The predicted octanol–water partition coefficient (Wildman–Crippen LogP) is 2.24. The van der Waals surface area contributed by atoms with Gasteiger partial charge >= 0.3 is 0 Å². The van der Waals surface area contributed by atoms with Crippen LogP contribution in [-0.2, 0) is 13.1 Å². The summed E-state index contributed by atoms with van der Waals surface area (Å²) in [6.45, 7) is 1.77. The smallest absolute Gasteiger partial charge is 0.114 e. The van der Waals surface area contributed by atoms with Crippen molar-refractivity contribution in [2.75, 3.05) is 0 Å². The zero-order chi connectivity index (χ0) is 10.3. The van der Waals surface area contributed by atoms with E-state index in [-0.39, 0.29) is 0 Å². The molecule has 4 heteroatoms. The van der Waals surface area contributed by atoms with Crippen LogP contribution in [0.2, 0.25) is 0 Å². The number of aromatic nitrogens is 2. The Kier molecular flexibility index (Phi) is 2.11. The molecule has 0 bridgehead atoms. The Bertz CT molecular complexity index is 490. The maximum absolute atomic E-state index is 4.57. The van der Waals surface area contributed by atoms with E-state index in [1.807, 2.05) is 22.9 Å². The third-order valence-corrected chi connectivity index (χ3v) is 3.41. The lowest BCUT2D eigenvalue weighted by molar-refractivity contribution is 0.714. The molecular weight excluding hydrogens is 254 g/mol. The first-order chi connectivity index (χ1) is 7.36. The van der Waals surface area contributed by atoms with Crippen molar-refractivity contribution in [2.45, 2.75) is 13.1 Å². The summed E-state index contributed by atoms with van der Waals surface area (Å²) < 4.78 is 3.01. The highest BCUT2D eigenvalue weighted by atomic mass is 79.9. The SMILES string of the molecule is Brc1c2c(nn1-c1ccccc1)CNC2. The number of nitrogens with zero attached hydrogens (tertiary/aromatic N) is 2. The van der Waals surface area contributed by atoms with Gasteiger partial charge in [0.25, 0.3) is 0 Å². The number of nitrogens with one attached hydrogen (secondary N) is 1. The number of halogens is 1. The van der Waals surface area contributed by atoms with E-state index in [2.05, 4.69) is 38.5 Å². The summed E-state index contributed by atoms with van der Waals surface area (Å²) in [5.74, 6) is 0. The molecule has 0 aliphatic carbocycles. The van der Waals surface area contributed by atoms with Crippen molar-refractivity contribution in [3.8, 4) is 5.69 Å². The average Bonchev–Trinajstić information content (AvgIpc) is 2.83. The molecule has 0 saturated carbocycles. The lowest BCUT2D eigenvalue weighted by Crippen LogP contribution is -2.06. The molecule has 3 nitrogen and oxygen atoms in total. The van der Waals surface area contributed by atoms with Gasteiger partial charge in [0.15, 0.2) is 0 Å². The van der Waals surface area contributed by atoms with E-state index in [9.17, 15) is 0 Å². The van der Waals surface area contributed by atoms with Gasteiger partial charge in [0.05, 0.1) is 11.4 Å². The molecular formula is C11H10BrN3. The van der Waals surface area contributed by atoms with E-state index < -0.39 is 0 Å². The number of rotatable bonds is 1. The number of hydrogen-bond acceptors (Lipinski definition) is 2. The van der Waals surface area contributed by atoms with Gasteiger partial charge in [-0.15, -0.1) is 0 Å². The van der Waals surface area contributed by atoms with E-state index in [4.69, 9.17) is 0 Å². The van der Waals surface area contributed by atoms with Gasteiger partial charge in [-0.05, 0) is 28.1 Å². The zero-order valence-corrected chi connectivity index (χ0v) is 9.66. The molecule has 1 aromatic carbocycles. The summed E-state index contributed by atoms with van der Waals surface area (Å²) in [6, 6.07) is 10.2. The number of fused-ring (bicyclic) bond motifs is 1. The zero-order valence-electron chi connectivity index (χ0n) is 8.07. The van der Waals surface area contributed by atoms with E-state index >= 15 is 0 Å². The second-order valence-corrected chi connectivity index (χ2v) is 4.32. The van der Waals surface area contributed by atoms with Gasteiger partial charge < -0.3 is 5.32 Å². The largest absolute Gasteiger partial charge is 0.307 e. The quantitative estimate of drug-likeness (QED) is 0.856. The average molecular weight is 264 g/mol. The monoisotopic (exact) mass is 263 g/mol. The number of benzene rings is 1. The van der Waals surface area contributed by atoms with Crippen LogP contribution in [0.1, 0.15) is 11.3 Å². The molecule has 0 amide bonds. The molecule has 1 aliphatic heterocycles. The fraction of sp³-hybridized carbons (Fsp3) is 0.182. The molecule has 0 unspecified atom stereocenters. The summed E-state index contributed by atoms with van der Waals surface area (Å²) in [4.78, 5) is 0. The van der Waals surface area contributed by atoms with Crippen molar-refractivity contribution in [3.63, 3.8) is 0 Å². The maximum atomic E-state index is 4.57. The second-order valence-electron chi connectivity index (χ2n) is 3.57. The van der Waals surface area contributed by atoms with E-state index in [0.29, 0.717) is 0 Å². The summed E-state index contributed by atoms with van der Waals surface area (Å²) in [7, 11) is 0. The van der Waals surface area contributed by atoms with Gasteiger partial charge in [0, 0.05) is 18.7 Å². The minimum Gasteiger partial charge on any atom is -0.307 e. The standard InChI is InChI=1S/C11H10BrN3/c12-11-9-6-13-7-10(9)14-15(11)8-4-2-1-3-5-8/h1-5,13H,6-7H2. The van der Waals surface area contributed by atoms with E-state index in [1.165, 1.54) is 5.56 Å². The van der Waals surface area contributed by atoms with Crippen LogP contribution >= 0.6 is 15.9 Å². The highest BCUT2D eigenvalue weighted by Gasteiger charge is 2.20. The Morgan fingerprint density at radius 1 is 1.20 bits per heavy atom. The van der Waals surface area contributed by atoms with Crippen LogP contribution in [0.5, 0.6) is 0 Å². The van der Waals surface area contributed by atoms with Crippen molar-refractivity contribution in [2.24, 2.45) is 0 Å². The Balaban J connectivity index is 2.14. The third-order valence-electron chi connectivity index (χ3n) is 2.60. The molecule has 0 atom stereocenters. The predicted molar refractivity (Wildman–Crippen MR) is 61.8 cm³/mol. The molecule has 0 spiro atoms. The van der Waals surface area contributed by atoms with E-state index in [1.54, 1.807) is 0 Å². The minimum absolute atomic E-state index is 0.869. The van der Waals surface area contributed by atoms with Gasteiger partial charge in [0.1, 0.15) is 4.60 Å². The molecule has 0 radical (unpaired) electrons. The lowest BCUT2D eigenvalue weighted by atomic mass is 10.3. The van der Waals surface area contributed by atoms with Crippen LogP contribution in [-0.4, -0.2) is 9.78 Å². The summed E-state index contributed by atoms with van der Waals surface area (Å²) in [5, 5.41) is 7.85. The van der Waals surface area contributed by atoms with Crippen LogP contribution in [0, 0.1) is 0 Å². The topological polar surface area (TPSA) is 29.9 Å². The van der Waals surface area contributed by atoms with Crippen molar-refractivity contribution < 1.29 is 0 Å². The van der Waals surface area contributed by atoms with Gasteiger partial charge in [-0.2, -0.15) is 5.10 Å². The Labute approximate surface area is 96.2 Å². The first-order valence-electron chi connectivity index (χ1n) is 4.88. The number of para-hydroxylation sites is 1. The van der Waals surface area contributed by atoms with Crippen LogP contribution in [0.3, 0.4) is 0 Å². The molecule has 1 aromatic heterocycles. The Hall–Kier alpha value is -1.13. The van der Waals surface area contributed by atoms with Gasteiger partial charge in [-0.25, -0.2) is 4.68 Å². The van der Waals surface area contributed by atoms with Crippen LogP contribution in [0.25, 0.3) is 5.69 Å². The molecule has 2 aromatic rings. The molecule has 76 valence electrons. The van der Waals surface area contributed by atoms with Crippen molar-refractivity contribution in [1.29, 1.82) is 0 Å². The molecule has 3 rings (SSSR count). The van der Waals surface area contributed by atoms with Crippen LogP contribution in [0.4, 0.5) is 0 Å². The van der Waals surface area contributed by atoms with Crippen molar-refractivity contribution in [1.82, 2.24) is 15.1 Å². The minimum atomic E-state index is 0.869. The summed E-state index contributed by atoms with van der Waals surface area (Å²) in [6.07, 6.45) is 0. The molecule has 0 saturated heterocycles. The van der Waals surface area contributed by atoms with Gasteiger partial charge in [-0.1, -0.05) is 18.2 Å².